The van der Waals surface area contributed by atoms with Crippen LogP contribution in [0.1, 0.15) is 11.1 Å². The molecular weight excluding hydrogens is 384 g/mol. The molecule has 2 aliphatic rings. The molecule has 0 spiro atoms. The van der Waals surface area contributed by atoms with Crippen LogP contribution in [0.25, 0.3) is 0 Å². The van der Waals surface area contributed by atoms with Gasteiger partial charge in [-0.2, -0.15) is 4.31 Å². The van der Waals surface area contributed by atoms with Crippen LogP contribution in [0.5, 0.6) is 17.2 Å². The fourth-order valence-electron chi connectivity index (χ4n) is 3.43. The molecule has 2 heterocycles. The number of amides is 1. The quantitative estimate of drug-likeness (QED) is 0.835. The number of carbonyl (C=O) groups excluding carboxylic acids is 1. The van der Waals surface area contributed by atoms with Crippen molar-refractivity contribution in [2.45, 2.75) is 17.9 Å². The first-order chi connectivity index (χ1) is 13.4. The van der Waals surface area contributed by atoms with Crippen molar-refractivity contribution in [3.63, 3.8) is 0 Å². The topological polar surface area (TPSA) is 94.2 Å². The molecule has 9 heteroatoms. The first-order valence-corrected chi connectivity index (χ1v) is 10.2. The zero-order valence-corrected chi connectivity index (χ0v) is 16.3. The molecule has 1 N–H and O–H groups in total. The maximum atomic E-state index is 13.2. The van der Waals surface area contributed by atoms with Gasteiger partial charge in [0.2, 0.25) is 10.0 Å². The van der Waals surface area contributed by atoms with Crippen molar-refractivity contribution in [2.75, 3.05) is 32.7 Å². The van der Waals surface area contributed by atoms with Gasteiger partial charge in [-0.05, 0) is 47.9 Å². The number of sulfonamides is 1. The van der Waals surface area contributed by atoms with E-state index < -0.39 is 10.0 Å². The summed E-state index contributed by atoms with van der Waals surface area (Å²) in [5.74, 6) is 1.34. The molecule has 28 heavy (non-hydrogen) atoms. The van der Waals surface area contributed by atoms with Crippen LogP contribution in [0, 0.1) is 0 Å². The first kappa shape index (κ1) is 18.6. The molecule has 8 nitrogen and oxygen atoms in total. The highest BCUT2D eigenvalue weighted by molar-refractivity contribution is 7.89. The third-order valence-electron chi connectivity index (χ3n) is 4.90. The Morgan fingerprint density at radius 1 is 1.07 bits per heavy atom. The molecule has 2 aromatic carbocycles. The summed E-state index contributed by atoms with van der Waals surface area (Å²) < 4.78 is 43.7. The van der Waals surface area contributed by atoms with E-state index >= 15 is 0 Å². The standard InChI is InChI=1S/C19H20N2O6S/c1-25-17-7-12-5-6-21(10-13(12)8-18(17)26-2)28(23,24)14-3-4-16-15(9-14)20-19(22)11-27-16/h3-4,7-9H,5-6,10-11H2,1-2H3,(H,20,22). The lowest BCUT2D eigenvalue weighted by Gasteiger charge is -2.29. The van der Waals surface area contributed by atoms with Crippen LogP contribution < -0.4 is 19.5 Å². The monoisotopic (exact) mass is 404 g/mol. The summed E-state index contributed by atoms with van der Waals surface area (Å²) in [6.07, 6.45) is 0.569. The minimum Gasteiger partial charge on any atom is -0.493 e. The van der Waals surface area contributed by atoms with Crippen LogP contribution in [0.4, 0.5) is 5.69 Å². The van der Waals surface area contributed by atoms with Gasteiger partial charge in [0.15, 0.2) is 18.1 Å². The summed E-state index contributed by atoms with van der Waals surface area (Å²) >= 11 is 0. The van der Waals surface area contributed by atoms with Crippen molar-refractivity contribution in [3.8, 4) is 17.2 Å². The Hall–Kier alpha value is -2.78. The van der Waals surface area contributed by atoms with Crippen molar-refractivity contribution in [1.82, 2.24) is 4.31 Å². The summed E-state index contributed by atoms with van der Waals surface area (Å²) in [6, 6.07) is 8.20. The second kappa shape index (κ2) is 6.99. The Kier molecular flexibility index (Phi) is 4.64. The molecule has 2 aliphatic heterocycles. The summed E-state index contributed by atoms with van der Waals surface area (Å²) in [5, 5.41) is 2.64. The number of hydrogen-bond donors (Lipinski definition) is 1. The highest BCUT2D eigenvalue weighted by Crippen LogP contribution is 2.36. The van der Waals surface area contributed by atoms with Gasteiger partial charge < -0.3 is 19.5 Å². The largest absolute Gasteiger partial charge is 0.493 e. The maximum Gasteiger partial charge on any atom is 0.262 e. The van der Waals surface area contributed by atoms with Crippen LogP contribution >= 0.6 is 0 Å². The predicted octanol–water partition coefficient (Wildman–Crippen LogP) is 1.78. The second-order valence-corrected chi connectivity index (χ2v) is 8.50. The van der Waals surface area contributed by atoms with Gasteiger partial charge in [0.1, 0.15) is 5.75 Å². The van der Waals surface area contributed by atoms with E-state index in [0.717, 1.165) is 11.1 Å². The van der Waals surface area contributed by atoms with Crippen LogP contribution in [0.15, 0.2) is 35.2 Å². The average molecular weight is 404 g/mol. The number of fused-ring (bicyclic) bond motifs is 2. The number of carbonyl (C=O) groups is 1. The Morgan fingerprint density at radius 2 is 1.79 bits per heavy atom. The van der Waals surface area contributed by atoms with Crippen molar-refractivity contribution in [2.24, 2.45) is 0 Å². The van der Waals surface area contributed by atoms with Crippen LogP contribution in [0.2, 0.25) is 0 Å². The van der Waals surface area contributed by atoms with E-state index in [4.69, 9.17) is 14.2 Å². The average Bonchev–Trinajstić information content (AvgIpc) is 2.71. The number of hydrogen-bond acceptors (Lipinski definition) is 6. The number of methoxy groups -OCH3 is 2. The second-order valence-electron chi connectivity index (χ2n) is 6.56. The van der Waals surface area contributed by atoms with Gasteiger partial charge in [-0.15, -0.1) is 0 Å². The number of rotatable bonds is 4. The Labute approximate surface area is 163 Å². The molecule has 2 aromatic rings. The van der Waals surface area contributed by atoms with E-state index in [1.54, 1.807) is 20.3 Å². The summed E-state index contributed by atoms with van der Waals surface area (Å²) in [7, 11) is -0.618. The molecule has 0 fully saturated rings. The van der Waals surface area contributed by atoms with Gasteiger partial charge in [0.25, 0.3) is 5.91 Å². The van der Waals surface area contributed by atoms with E-state index in [1.165, 1.54) is 16.4 Å². The van der Waals surface area contributed by atoms with E-state index in [1.807, 2.05) is 12.1 Å². The molecule has 0 saturated carbocycles. The zero-order valence-electron chi connectivity index (χ0n) is 15.5. The minimum atomic E-state index is -3.74. The van der Waals surface area contributed by atoms with Crippen molar-refractivity contribution in [3.05, 3.63) is 41.5 Å². The van der Waals surface area contributed by atoms with Crippen LogP contribution in [-0.4, -0.2) is 46.0 Å². The van der Waals surface area contributed by atoms with Gasteiger partial charge in [-0.25, -0.2) is 8.42 Å². The molecule has 0 saturated heterocycles. The van der Waals surface area contributed by atoms with E-state index in [9.17, 15) is 13.2 Å². The molecule has 148 valence electrons. The first-order valence-electron chi connectivity index (χ1n) is 8.73. The SMILES string of the molecule is COc1cc2c(cc1OC)CN(S(=O)(=O)c1ccc3c(c1)NC(=O)CO3)CC2. The van der Waals surface area contributed by atoms with Gasteiger partial charge >= 0.3 is 0 Å². The predicted molar refractivity (Wildman–Crippen MR) is 101 cm³/mol. The van der Waals surface area contributed by atoms with Gasteiger partial charge in [-0.1, -0.05) is 0 Å². The fraction of sp³-hybridized carbons (Fsp3) is 0.316. The lowest BCUT2D eigenvalue weighted by molar-refractivity contribution is -0.118. The van der Waals surface area contributed by atoms with Crippen molar-refractivity contribution >= 4 is 21.6 Å². The highest BCUT2D eigenvalue weighted by atomic mass is 32.2. The van der Waals surface area contributed by atoms with Crippen LogP contribution in [-0.2, 0) is 27.8 Å². The number of ether oxygens (including phenoxy) is 3. The lowest BCUT2D eigenvalue weighted by Crippen LogP contribution is -2.36. The lowest BCUT2D eigenvalue weighted by atomic mass is 10.0. The molecule has 0 radical (unpaired) electrons. The maximum absolute atomic E-state index is 13.2. The van der Waals surface area contributed by atoms with E-state index in [0.29, 0.717) is 35.9 Å². The smallest absolute Gasteiger partial charge is 0.262 e. The molecule has 4 rings (SSSR count). The molecule has 0 unspecified atom stereocenters. The summed E-state index contributed by atoms with van der Waals surface area (Å²) in [4.78, 5) is 11.6. The number of nitrogens with one attached hydrogen (secondary N) is 1. The van der Waals surface area contributed by atoms with E-state index in [2.05, 4.69) is 5.32 Å². The third kappa shape index (κ3) is 3.16. The van der Waals surface area contributed by atoms with E-state index in [-0.39, 0.29) is 24.0 Å². The third-order valence-corrected chi connectivity index (χ3v) is 6.75. The Bertz CT molecular complexity index is 1050. The van der Waals surface area contributed by atoms with Gasteiger partial charge in [0, 0.05) is 13.1 Å². The number of anilines is 1. The van der Waals surface area contributed by atoms with Crippen molar-refractivity contribution in [1.29, 1.82) is 0 Å². The van der Waals surface area contributed by atoms with Crippen molar-refractivity contribution < 1.29 is 27.4 Å². The molecule has 1 amide bonds. The molecule has 0 atom stereocenters. The minimum absolute atomic E-state index is 0.0761. The number of benzene rings is 2. The Morgan fingerprint density at radius 3 is 2.50 bits per heavy atom. The Balaban J connectivity index is 1.65. The zero-order chi connectivity index (χ0) is 19.9. The molecule has 0 aliphatic carbocycles. The van der Waals surface area contributed by atoms with Gasteiger partial charge in [0.05, 0.1) is 24.8 Å². The van der Waals surface area contributed by atoms with Crippen LogP contribution in [0.3, 0.4) is 0 Å². The molecular formula is C19H20N2O6S. The van der Waals surface area contributed by atoms with Gasteiger partial charge in [-0.3, -0.25) is 4.79 Å². The summed E-state index contributed by atoms with van der Waals surface area (Å²) in [5.41, 5.74) is 2.28. The summed E-state index contributed by atoms with van der Waals surface area (Å²) in [6.45, 7) is 0.510. The number of nitrogens with zero attached hydrogens (tertiary/aromatic N) is 1. The molecule has 0 bridgehead atoms. The normalized spacial score (nSPS) is 16.4. The fourth-order valence-corrected chi connectivity index (χ4v) is 4.88. The highest BCUT2D eigenvalue weighted by Gasteiger charge is 2.30. The molecule has 0 aromatic heterocycles.